The Labute approximate surface area is 127 Å². The van der Waals surface area contributed by atoms with E-state index >= 15 is 0 Å². The molecule has 2 aromatic rings. The summed E-state index contributed by atoms with van der Waals surface area (Å²) in [5.41, 5.74) is 4.61. The summed E-state index contributed by atoms with van der Waals surface area (Å²) in [6.07, 6.45) is 0. The van der Waals surface area contributed by atoms with Crippen LogP contribution >= 0.6 is 27.5 Å². The molecule has 2 aromatic carbocycles. The molecule has 19 heavy (non-hydrogen) atoms. The molecule has 0 bridgehead atoms. The lowest BCUT2D eigenvalue weighted by atomic mass is 10.1. The molecule has 0 aliphatic carbocycles. The SMILES string of the molecule is Cc1ccc(C)c(Oc2cc(Cl)ccc2CBr)c1C. The molecule has 0 amide bonds. The van der Waals surface area contributed by atoms with Crippen LogP contribution < -0.4 is 4.74 Å². The predicted octanol–water partition coefficient (Wildman–Crippen LogP) is 5.95. The van der Waals surface area contributed by atoms with Crippen molar-refractivity contribution in [1.29, 1.82) is 0 Å². The largest absolute Gasteiger partial charge is 0.456 e. The zero-order valence-corrected chi connectivity index (χ0v) is 13.6. The molecule has 0 unspecified atom stereocenters. The molecular weight excluding hydrogens is 324 g/mol. The summed E-state index contributed by atoms with van der Waals surface area (Å²) >= 11 is 9.53. The van der Waals surface area contributed by atoms with Gasteiger partial charge in [-0.3, -0.25) is 0 Å². The van der Waals surface area contributed by atoms with Crippen molar-refractivity contribution in [3.63, 3.8) is 0 Å². The monoisotopic (exact) mass is 338 g/mol. The average molecular weight is 340 g/mol. The summed E-state index contributed by atoms with van der Waals surface area (Å²) < 4.78 is 6.11. The maximum atomic E-state index is 6.11. The Morgan fingerprint density at radius 1 is 1.05 bits per heavy atom. The smallest absolute Gasteiger partial charge is 0.133 e. The lowest BCUT2D eigenvalue weighted by Crippen LogP contribution is -1.95. The molecular formula is C16H16BrClO. The number of hydrogen-bond donors (Lipinski definition) is 0. The van der Waals surface area contributed by atoms with Crippen molar-refractivity contribution in [2.24, 2.45) is 0 Å². The van der Waals surface area contributed by atoms with Crippen LogP contribution in [0.3, 0.4) is 0 Å². The number of ether oxygens (including phenoxy) is 1. The van der Waals surface area contributed by atoms with E-state index in [1.165, 1.54) is 11.1 Å². The highest BCUT2D eigenvalue weighted by Gasteiger charge is 2.10. The molecule has 1 nitrogen and oxygen atoms in total. The second kappa shape index (κ2) is 5.98. The van der Waals surface area contributed by atoms with Gasteiger partial charge in [-0.05, 0) is 49.6 Å². The first-order valence-corrected chi connectivity index (χ1v) is 7.62. The molecule has 0 spiro atoms. The molecule has 0 saturated heterocycles. The van der Waals surface area contributed by atoms with Gasteiger partial charge in [-0.15, -0.1) is 0 Å². The van der Waals surface area contributed by atoms with Crippen molar-refractivity contribution < 1.29 is 4.74 Å². The third-order valence-corrected chi connectivity index (χ3v) is 4.10. The van der Waals surface area contributed by atoms with Crippen LogP contribution in [-0.4, -0.2) is 0 Å². The summed E-state index contributed by atoms with van der Waals surface area (Å²) in [5.74, 6) is 1.73. The molecule has 0 saturated carbocycles. The first kappa shape index (κ1) is 14.4. The molecule has 3 heteroatoms. The minimum absolute atomic E-state index is 0.683. The number of rotatable bonds is 3. The minimum atomic E-state index is 0.683. The predicted molar refractivity (Wildman–Crippen MR) is 84.8 cm³/mol. The van der Waals surface area contributed by atoms with E-state index in [1.807, 2.05) is 18.2 Å². The normalized spacial score (nSPS) is 10.6. The van der Waals surface area contributed by atoms with Crippen molar-refractivity contribution in [2.45, 2.75) is 26.1 Å². The highest BCUT2D eigenvalue weighted by Crippen LogP contribution is 2.34. The first-order chi connectivity index (χ1) is 9.02. The van der Waals surface area contributed by atoms with Gasteiger partial charge in [0.2, 0.25) is 0 Å². The van der Waals surface area contributed by atoms with Crippen molar-refractivity contribution in [3.8, 4) is 11.5 Å². The Bertz CT molecular complexity index is 608. The van der Waals surface area contributed by atoms with Crippen molar-refractivity contribution in [3.05, 3.63) is 57.6 Å². The number of hydrogen-bond acceptors (Lipinski definition) is 1. The summed E-state index contributed by atoms with van der Waals surface area (Å²) in [6.45, 7) is 6.22. The van der Waals surface area contributed by atoms with Crippen LogP contribution in [-0.2, 0) is 5.33 Å². The lowest BCUT2D eigenvalue weighted by molar-refractivity contribution is 0.470. The average Bonchev–Trinajstić information content (AvgIpc) is 2.39. The fourth-order valence-corrected chi connectivity index (χ4v) is 2.55. The summed E-state index contributed by atoms with van der Waals surface area (Å²) in [6, 6.07) is 9.91. The molecule has 2 rings (SSSR count). The fraction of sp³-hybridized carbons (Fsp3) is 0.250. The summed E-state index contributed by atoms with van der Waals surface area (Å²) in [4.78, 5) is 0. The van der Waals surface area contributed by atoms with Gasteiger partial charge in [-0.25, -0.2) is 0 Å². The van der Waals surface area contributed by atoms with Gasteiger partial charge < -0.3 is 4.74 Å². The Morgan fingerprint density at radius 3 is 2.42 bits per heavy atom. The number of benzene rings is 2. The van der Waals surface area contributed by atoms with E-state index in [1.54, 1.807) is 0 Å². The second-order valence-corrected chi connectivity index (χ2v) is 5.64. The Balaban J connectivity index is 2.47. The van der Waals surface area contributed by atoms with Gasteiger partial charge in [0.05, 0.1) is 0 Å². The first-order valence-electron chi connectivity index (χ1n) is 6.12. The van der Waals surface area contributed by atoms with Gasteiger partial charge in [0.1, 0.15) is 11.5 Å². The van der Waals surface area contributed by atoms with Crippen LogP contribution in [0, 0.1) is 20.8 Å². The van der Waals surface area contributed by atoms with Crippen LogP contribution in [0.25, 0.3) is 0 Å². The second-order valence-electron chi connectivity index (χ2n) is 4.64. The quantitative estimate of drug-likeness (QED) is 0.628. The fourth-order valence-electron chi connectivity index (χ4n) is 1.93. The maximum absolute atomic E-state index is 6.11. The molecule has 0 fully saturated rings. The van der Waals surface area contributed by atoms with Crippen molar-refractivity contribution in [1.82, 2.24) is 0 Å². The number of halogens is 2. The van der Waals surface area contributed by atoms with Crippen molar-refractivity contribution >= 4 is 27.5 Å². The van der Waals surface area contributed by atoms with Gasteiger partial charge in [0.25, 0.3) is 0 Å². The molecule has 100 valence electrons. The Hall–Kier alpha value is -0.990. The molecule has 0 aliphatic rings. The minimum Gasteiger partial charge on any atom is -0.456 e. The van der Waals surface area contributed by atoms with Crippen molar-refractivity contribution in [2.75, 3.05) is 0 Å². The summed E-state index contributed by atoms with van der Waals surface area (Å²) in [7, 11) is 0. The van der Waals surface area contributed by atoms with E-state index in [9.17, 15) is 0 Å². The zero-order valence-electron chi connectivity index (χ0n) is 11.3. The molecule has 0 atom stereocenters. The maximum Gasteiger partial charge on any atom is 0.133 e. The van der Waals surface area contributed by atoms with Crippen LogP contribution in [0.2, 0.25) is 5.02 Å². The van der Waals surface area contributed by atoms with Crippen LogP contribution in [0.1, 0.15) is 22.3 Å². The molecule has 0 heterocycles. The van der Waals surface area contributed by atoms with E-state index in [0.29, 0.717) is 5.02 Å². The molecule has 0 radical (unpaired) electrons. The van der Waals surface area contributed by atoms with Gasteiger partial charge in [-0.1, -0.05) is 45.7 Å². The highest BCUT2D eigenvalue weighted by atomic mass is 79.9. The van der Waals surface area contributed by atoms with E-state index in [2.05, 4.69) is 48.8 Å². The summed E-state index contributed by atoms with van der Waals surface area (Å²) in [5, 5.41) is 1.42. The van der Waals surface area contributed by atoms with E-state index in [4.69, 9.17) is 16.3 Å². The zero-order chi connectivity index (χ0) is 14.0. The molecule has 0 aromatic heterocycles. The lowest BCUT2D eigenvalue weighted by Gasteiger charge is -2.16. The standard InChI is InChI=1S/C16H16BrClO/c1-10-4-5-11(2)16(12(10)3)19-15-8-14(18)7-6-13(15)9-17/h4-8H,9H2,1-3H3. The van der Waals surface area contributed by atoms with E-state index < -0.39 is 0 Å². The van der Waals surface area contributed by atoms with Gasteiger partial charge in [-0.2, -0.15) is 0 Å². The Morgan fingerprint density at radius 2 is 1.74 bits per heavy atom. The van der Waals surface area contributed by atoms with Crippen LogP contribution in [0.15, 0.2) is 30.3 Å². The van der Waals surface area contributed by atoms with E-state index in [0.717, 1.165) is 28.0 Å². The number of aryl methyl sites for hydroxylation is 2. The van der Waals surface area contributed by atoms with Gasteiger partial charge in [0, 0.05) is 15.9 Å². The third kappa shape index (κ3) is 3.13. The van der Waals surface area contributed by atoms with Gasteiger partial charge >= 0.3 is 0 Å². The molecule has 0 N–H and O–H groups in total. The third-order valence-electron chi connectivity index (χ3n) is 3.26. The highest BCUT2D eigenvalue weighted by molar-refractivity contribution is 9.08. The number of alkyl halides is 1. The van der Waals surface area contributed by atoms with E-state index in [-0.39, 0.29) is 0 Å². The topological polar surface area (TPSA) is 9.23 Å². The van der Waals surface area contributed by atoms with Gasteiger partial charge in [0.15, 0.2) is 0 Å². The van der Waals surface area contributed by atoms with Crippen LogP contribution in [0.5, 0.6) is 11.5 Å². The Kier molecular flexibility index (Phi) is 4.54. The van der Waals surface area contributed by atoms with Crippen LogP contribution in [0.4, 0.5) is 0 Å². The molecule has 0 aliphatic heterocycles.